The first-order chi connectivity index (χ1) is 13.7. The summed E-state index contributed by atoms with van der Waals surface area (Å²) in [7, 11) is 0. The average Bonchev–Trinajstić information content (AvgIpc) is 3.30. The number of aromatic nitrogens is 5. The normalized spacial score (nSPS) is 19.3. The Kier molecular flexibility index (Phi) is 4.60. The fraction of sp³-hybridized carbons (Fsp3) is 0.333. The van der Waals surface area contributed by atoms with Crippen molar-refractivity contribution in [2.24, 2.45) is 0 Å². The summed E-state index contributed by atoms with van der Waals surface area (Å²) in [5.74, 6) is -0.583. The first-order valence-corrected chi connectivity index (χ1v) is 9.21. The maximum atomic E-state index is 13.2. The van der Waals surface area contributed by atoms with Crippen LogP contribution in [0.2, 0.25) is 5.02 Å². The summed E-state index contributed by atoms with van der Waals surface area (Å²) >= 11 is 5.96. The van der Waals surface area contributed by atoms with Gasteiger partial charge in [-0.2, -0.15) is 23.1 Å². The zero-order valence-electron chi connectivity index (χ0n) is 15.4. The van der Waals surface area contributed by atoms with Crippen molar-refractivity contribution in [1.29, 1.82) is 0 Å². The minimum atomic E-state index is -4.65. The smallest absolute Gasteiger partial charge is 0.327 e. The molecule has 0 radical (unpaired) electrons. The minimum Gasteiger partial charge on any atom is -0.327 e. The van der Waals surface area contributed by atoms with E-state index in [9.17, 15) is 18.0 Å². The molecule has 3 aromatic rings. The molecule has 29 heavy (non-hydrogen) atoms. The van der Waals surface area contributed by atoms with Gasteiger partial charge in [-0.15, -0.1) is 9.89 Å². The van der Waals surface area contributed by atoms with Crippen LogP contribution in [0.15, 0.2) is 36.7 Å². The molecular formula is C18H16ClF3N6O. The predicted molar refractivity (Wildman–Crippen MR) is 97.2 cm³/mol. The Hall–Kier alpha value is -2.88. The zero-order valence-corrected chi connectivity index (χ0v) is 16.2. The summed E-state index contributed by atoms with van der Waals surface area (Å²) in [6.07, 6.45) is -0.916. The number of hydrogen-bond acceptors (Lipinski definition) is 4. The third-order valence-corrected chi connectivity index (χ3v) is 5.41. The molecule has 0 saturated heterocycles. The number of amides is 1. The maximum Gasteiger partial charge on any atom is 0.417 e. The van der Waals surface area contributed by atoms with E-state index in [4.69, 9.17) is 11.6 Å². The van der Waals surface area contributed by atoms with Gasteiger partial charge in [-0.3, -0.25) is 4.79 Å². The van der Waals surface area contributed by atoms with Crippen molar-refractivity contribution in [3.05, 3.63) is 64.2 Å². The van der Waals surface area contributed by atoms with Gasteiger partial charge in [0.25, 0.3) is 5.91 Å². The molecule has 2 atom stereocenters. The van der Waals surface area contributed by atoms with Crippen molar-refractivity contribution in [2.75, 3.05) is 0 Å². The van der Waals surface area contributed by atoms with Gasteiger partial charge in [0.15, 0.2) is 0 Å². The molecule has 1 aromatic carbocycles. The number of hydrogen-bond donors (Lipinski definition) is 0. The van der Waals surface area contributed by atoms with Crippen molar-refractivity contribution in [2.45, 2.75) is 38.5 Å². The Labute approximate surface area is 168 Å². The van der Waals surface area contributed by atoms with Crippen LogP contribution in [0.4, 0.5) is 13.2 Å². The van der Waals surface area contributed by atoms with Gasteiger partial charge in [-0.25, -0.2) is 0 Å². The van der Waals surface area contributed by atoms with E-state index in [2.05, 4.69) is 15.4 Å². The Bertz CT molecular complexity index is 1060. The molecule has 0 fully saturated rings. The van der Waals surface area contributed by atoms with Crippen molar-refractivity contribution in [3.63, 3.8) is 0 Å². The van der Waals surface area contributed by atoms with Crippen molar-refractivity contribution < 1.29 is 18.0 Å². The van der Waals surface area contributed by atoms with Gasteiger partial charge in [0.2, 0.25) is 0 Å². The summed E-state index contributed by atoms with van der Waals surface area (Å²) < 4.78 is 39.6. The van der Waals surface area contributed by atoms with Crippen LogP contribution in [0.1, 0.15) is 47.2 Å². The highest BCUT2D eigenvalue weighted by Gasteiger charge is 2.40. The van der Waals surface area contributed by atoms with Crippen LogP contribution >= 0.6 is 11.6 Å². The summed E-state index contributed by atoms with van der Waals surface area (Å²) in [4.78, 5) is 17.7. The molecule has 11 heteroatoms. The molecule has 1 aliphatic heterocycles. The van der Waals surface area contributed by atoms with Gasteiger partial charge in [0, 0.05) is 12.5 Å². The molecule has 1 aliphatic rings. The number of alkyl halides is 3. The van der Waals surface area contributed by atoms with Gasteiger partial charge in [0.05, 0.1) is 40.3 Å². The van der Waals surface area contributed by atoms with Gasteiger partial charge in [-0.05, 0) is 37.3 Å². The van der Waals surface area contributed by atoms with E-state index >= 15 is 0 Å². The van der Waals surface area contributed by atoms with Crippen LogP contribution in [0.5, 0.6) is 0 Å². The van der Waals surface area contributed by atoms with Crippen molar-refractivity contribution in [3.8, 4) is 0 Å². The Balaban J connectivity index is 1.72. The quantitative estimate of drug-likeness (QED) is 0.630. The van der Waals surface area contributed by atoms with Crippen molar-refractivity contribution in [1.82, 2.24) is 29.9 Å². The molecule has 0 bridgehead atoms. The number of carbonyl (C=O) groups is 1. The summed E-state index contributed by atoms with van der Waals surface area (Å²) in [6.45, 7) is 3.58. The topological polar surface area (TPSA) is 68.8 Å². The lowest BCUT2D eigenvalue weighted by Crippen LogP contribution is -2.45. The van der Waals surface area contributed by atoms with Crippen LogP contribution in [-0.2, 0) is 12.6 Å². The molecule has 2 aromatic heterocycles. The van der Waals surface area contributed by atoms with E-state index in [1.54, 1.807) is 30.2 Å². The molecule has 0 N–H and O–H groups in total. The summed E-state index contributed by atoms with van der Waals surface area (Å²) in [6, 6.07) is 4.26. The summed E-state index contributed by atoms with van der Waals surface area (Å²) in [5, 5.41) is 11.8. The van der Waals surface area contributed by atoms with Crippen LogP contribution in [0, 0.1) is 0 Å². The number of benzene rings is 1. The molecule has 0 saturated carbocycles. The Morgan fingerprint density at radius 3 is 2.66 bits per heavy atom. The molecule has 0 spiro atoms. The molecule has 0 aliphatic carbocycles. The molecule has 3 heterocycles. The van der Waals surface area contributed by atoms with E-state index in [0.717, 1.165) is 11.8 Å². The zero-order chi connectivity index (χ0) is 20.9. The summed E-state index contributed by atoms with van der Waals surface area (Å²) in [5.41, 5.74) is 0.124. The molecular weight excluding hydrogens is 409 g/mol. The van der Waals surface area contributed by atoms with E-state index in [1.165, 1.54) is 21.8 Å². The van der Waals surface area contributed by atoms with Gasteiger partial charge in [0.1, 0.15) is 5.69 Å². The second-order valence-electron chi connectivity index (χ2n) is 6.84. The van der Waals surface area contributed by atoms with Crippen molar-refractivity contribution >= 4 is 17.5 Å². The molecule has 1 amide bonds. The molecule has 4 rings (SSSR count). The fourth-order valence-electron chi connectivity index (χ4n) is 3.68. The third kappa shape index (κ3) is 3.17. The van der Waals surface area contributed by atoms with Crippen LogP contribution in [-0.4, -0.2) is 41.8 Å². The fourth-order valence-corrected chi connectivity index (χ4v) is 3.99. The number of fused-ring (bicyclic) bond motifs is 1. The highest BCUT2D eigenvalue weighted by molar-refractivity contribution is 6.34. The van der Waals surface area contributed by atoms with Crippen LogP contribution in [0.3, 0.4) is 0 Å². The number of halogens is 4. The highest BCUT2D eigenvalue weighted by Crippen LogP contribution is 2.38. The van der Waals surface area contributed by atoms with Gasteiger partial charge in [-0.1, -0.05) is 17.7 Å². The third-order valence-electron chi connectivity index (χ3n) is 5.00. The lowest BCUT2D eigenvalue weighted by Gasteiger charge is -2.38. The first kappa shape index (κ1) is 19.4. The lowest BCUT2D eigenvalue weighted by atomic mass is 9.96. The Morgan fingerprint density at radius 1 is 1.24 bits per heavy atom. The van der Waals surface area contributed by atoms with E-state index in [1.807, 2.05) is 6.92 Å². The minimum absolute atomic E-state index is 0.192. The lowest BCUT2D eigenvalue weighted by molar-refractivity contribution is -0.137. The van der Waals surface area contributed by atoms with Crippen LogP contribution in [0.25, 0.3) is 0 Å². The van der Waals surface area contributed by atoms with E-state index < -0.39 is 28.7 Å². The largest absolute Gasteiger partial charge is 0.417 e. The second-order valence-corrected chi connectivity index (χ2v) is 7.22. The molecule has 0 unspecified atom stereocenters. The second kappa shape index (κ2) is 6.87. The number of carbonyl (C=O) groups excluding carboxylic acids is 1. The molecule has 152 valence electrons. The highest BCUT2D eigenvalue weighted by atomic mass is 35.5. The van der Waals surface area contributed by atoms with E-state index in [0.29, 0.717) is 12.1 Å². The number of rotatable bonds is 2. The first-order valence-electron chi connectivity index (χ1n) is 8.83. The SMILES string of the molecule is C[C@@H]1Cc2c(nnn2-n2cccn2)[C@@H](C)N1C(=O)c1cccc(C(F)(F)F)c1Cl. The standard InChI is InChI=1S/C18H16ClF3N6O/c1-10-9-14-16(24-25-28(14)26-8-4-7-23-26)11(2)27(10)17(29)12-5-3-6-13(15(12)19)18(20,21)22/h3-8,10-11H,9H2,1-2H3/t10-,11-/m1/s1. The van der Waals surface area contributed by atoms with Gasteiger partial charge >= 0.3 is 6.18 Å². The van der Waals surface area contributed by atoms with Crippen LogP contribution < -0.4 is 0 Å². The predicted octanol–water partition coefficient (Wildman–Crippen LogP) is 3.61. The number of nitrogens with zero attached hydrogens (tertiary/aromatic N) is 6. The Morgan fingerprint density at radius 2 is 2.00 bits per heavy atom. The average molecular weight is 425 g/mol. The monoisotopic (exact) mass is 424 g/mol. The van der Waals surface area contributed by atoms with E-state index in [-0.39, 0.29) is 11.6 Å². The van der Waals surface area contributed by atoms with Gasteiger partial charge < -0.3 is 4.90 Å². The molecule has 7 nitrogen and oxygen atoms in total. The maximum absolute atomic E-state index is 13.2.